The van der Waals surface area contributed by atoms with E-state index in [1.165, 1.54) is 5.52 Å². The van der Waals surface area contributed by atoms with Gasteiger partial charge < -0.3 is 19.9 Å². The molecule has 2 aromatic carbocycles. The third-order valence-electron chi connectivity index (χ3n) is 4.62. The molecular weight excluding hydrogens is 477 g/mol. The first-order valence-electron chi connectivity index (χ1n) is 9.78. The molecule has 1 heterocycles. The maximum Gasteiger partial charge on any atom is 0.191 e. The summed E-state index contributed by atoms with van der Waals surface area (Å²) in [6, 6.07) is 16.3. The van der Waals surface area contributed by atoms with Crippen molar-refractivity contribution in [1.82, 2.24) is 20.2 Å². The summed E-state index contributed by atoms with van der Waals surface area (Å²) in [6.07, 6.45) is 0.994. The number of rotatable bonds is 8. The van der Waals surface area contributed by atoms with Crippen LogP contribution in [0.3, 0.4) is 0 Å². The van der Waals surface area contributed by atoms with Gasteiger partial charge in [-0.2, -0.15) is 0 Å². The Bertz CT molecular complexity index is 921. The molecule has 0 bridgehead atoms. The molecule has 0 aliphatic heterocycles. The Morgan fingerprint density at radius 3 is 2.59 bits per heavy atom. The van der Waals surface area contributed by atoms with Crippen molar-refractivity contribution < 1.29 is 4.74 Å². The molecule has 0 unspecified atom stereocenters. The molecule has 1 aromatic heterocycles. The molecule has 29 heavy (non-hydrogen) atoms. The number of hydrogen-bond donors (Lipinski definition) is 2. The second kappa shape index (κ2) is 11.6. The molecule has 0 atom stereocenters. The quantitative estimate of drug-likeness (QED) is 0.209. The molecule has 7 heteroatoms. The van der Waals surface area contributed by atoms with E-state index in [9.17, 15) is 0 Å². The number of aryl methyl sites for hydroxylation is 2. The molecule has 0 amide bonds. The fourth-order valence-electron chi connectivity index (χ4n) is 3.17. The minimum absolute atomic E-state index is 0. The number of nitrogens with zero attached hydrogens (tertiary/aromatic N) is 3. The Hall–Kier alpha value is -2.29. The number of fused-ring (bicyclic) bond motifs is 1. The monoisotopic (exact) mass is 507 g/mol. The van der Waals surface area contributed by atoms with E-state index in [0.717, 1.165) is 54.7 Å². The minimum Gasteiger partial charge on any atom is -0.497 e. The van der Waals surface area contributed by atoms with Crippen molar-refractivity contribution in [3.8, 4) is 5.75 Å². The molecule has 6 nitrogen and oxygen atoms in total. The highest BCUT2D eigenvalue weighted by molar-refractivity contribution is 14.0. The summed E-state index contributed by atoms with van der Waals surface area (Å²) in [6.45, 7) is 7.38. The van der Waals surface area contributed by atoms with Crippen LogP contribution >= 0.6 is 24.0 Å². The van der Waals surface area contributed by atoms with Gasteiger partial charge in [-0.25, -0.2) is 9.98 Å². The van der Waals surface area contributed by atoms with Crippen molar-refractivity contribution in [3.63, 3.8) is 0 Å². The van der Waals surface area contributed by atoms with Crippen molar-refractivity contribution in [2.75, 3.05) is 20.2 Å². The molecule has 156 valence electrons. The third-order valence-corrected chi connectivity index (χ3v) is 4.62. The van der Waals surface area contributed by atoms with E-state index in [-0.39, 0.29) is 24.0 Å². The minimum atomic E-state index is 0. The topological polar surface area (TPSA) is 63.5 Å². The highest BCUT2D eigenvalue weighted by Crippen LogP contribution is 2.15. The van der Waals surface area contributed by atoms with E-state index < -0.39 is 0 Å². The summed E-state index contributed by atoms with van der Waals surface area (Å²) in [7, 11) is 1.68. The van der Waals surface area contributed by atoms with Crippen molar-refractivity contribution in [3.05, 3.63) is 59.9 Å². The van der Waals surface area contributed by atoms with Crippen LogP contribution in [-0.4, -0.2) is 35.7 Å². The number of hydrogen-bond acceptors (Lipinski definition) is 3. The van der Waals surface area contributed by atoms with Gasteiger partial charge in [0.15, 0.2) is 5.96 Å². The largest absolute Gasteiger partial charge is 0.497 e. The summed E-state index contributed by atoms with van der Waals surface area (Å²) < 4.78 is 7.47. The van der Waals surface area contributed by atoms with Gasteiger partial charge in [0.25, 0.3) is 0 Å². The third kappa shape index (κ3) is 6.35. The molecule has 0 radical (unpaired) electrons. The number of ether oxygens (including phenoxy) is 1. The molecule has 2 N–H and O–H groups in total. The van der Waals surface area contributed by atoms with E-state index in [1.54, 1.807) is 7.11 Å². The van der Waals surface area contributed by atoms with Gasteiger partial charge in [0.05, 0.1) is 24.7 Å². The average Bonchev–Trinajstić information content (AvgIpc) is 3.04. The first-order chi connectivity index (χ1) is 13.7. The second-order valence-electron chi connectivity index (χ2n) is 6.62. The fraction of sp³-hybridized carbons (Fsp3) is 0.364. The zero-order valence-corrected chi connectivity index (χ0v) is 19.6. The van der Waals surface area contributed by atoms with E-state index in [1.807, 2.05) is 30.3 Å². The Kier molecular flexibility index (Phi) is 9.24. The van der Waals surface area contributed by atoms with Crippen LogP contribution in [0.1, 0.15) is 24.7 Å². The summed E-state index contributed by atoms with van der Waals surface area (Å²) in [5.41, 5.74) is 3.40. The number of halogens is 1. The SMILES string of the molecule is CCNC(=NCc1ccc(OC)cc1)NCCCn1c(C)nc2ccccc21.I. The Morgan fingerprint density at radius 2 is 1.86 bits per heavy atom. The molecule has 0 saturated carbocycles. The van der Waals surface area contributed by atoms with Gasteiger partial charge in [0, 0.05) is 19.6 Å². The Labute approximate surface area is 189 Å². The number of nitrogens with one attached hydrogen (secondary N) is 2. The van der Waals surface area contributed by atoms with Crippen LogP contribution in [0.25, 0.3) is 11.0 Å². The standard InChI is InChI=1S/C22H29N5O.HI/c1-4-23-22(25-16-18-10-12-19(28-3)13-11-18)24-14-7-15-27-17(2)26-20-8-5-6-9-21(20)27;/h5-6,8-13H,4,7,14-16H2,1-3H3,(H2,23,24,25);1H. The number of guanidine groups is 1. The van der Waals surface area contributed by atoms with Crippen LogP contribution in [-0.2, 0) is 13.1 Å². The van der Waals surface area contributed by atoms with Gasteiger partial charge in [-0.1, -0.05) is 24.3 Å². The highest BCUT2D eigenvalue weighted by atomic mass is 127. The normalized spacial score (nSPS) is 11.2. The number of imidazole rings is 1. The summed E-state index contributed by atoms with van der Waals surface area (Å²) in [5, 5.41) is 6.73. The maximum atomic E-state index is 5.20. The lowest BCUT2D eigenvalue weighted by molar-refractivity contribution is 0.414. The van der Waals surface area contributed by atoms with Gasteiger partial charge in [-0.15, -0.1) is 24.0 Å². The number of aliphatic imine (C=N–C) groups is 1. The van der Waals surface area contributed by atoms with Crippen molar-refractivity contribution in [2.24, 2.45) is 4.99 Å². The molecular formula is C22H30IN5O. The molecule has 0 aliphatic rings. The number of aromatic nitrogens is 2. The van der Waals surface area contributed by atoms with E-state index in [0.29, 0.717) is 6.54 Å². The van der Waals surface area contributed by atoms with Crippen molar-refractivity contribution in [2.45, 2.75) is 33.4 Å². The van der Waals surface area contributed by atoms with Gasteiger partial charge in [-0.05, 0) is 50.1 Å². The van der Waals surface area contributed by atoms with Crippen molar-refractivity contribution >= 4 is 41.0 Å². The first kappa shape index (κ1) is 23.0. The zero-order valence-electron chi connectivity index (χ0n) is 17.3. The molecule has 0 aliphatic carbocycles. The predicted molar refractivity (Wildman–Crippen MR) is 130 cm³/mol. The molecule has 0 fully saturated rings. The van der Waals surface area contributed by atoms with Gasteiger partial charge in [0.1, 0.15) is 11.6 Å². The first-order valence-corrected chi connectivity index (χ1v) is 9.78. The van der Waals surface area contributed by atoms with Crippen LogP contribution in [0.5, 0.6) is 5.75 Å². The zero-order chi connectivity index (χ0) is 19.8. The summed E-state index contributed by atoms with van der Waals surface area (Å²) >= 11 is 0. The van der Waals surface area contributed by atoms with Crippen LogP contribution in [0.2, 0.25) is 0 Å². The summed E-state index contributed by atoms with van der Waals surface area (Å²) in [5.74, 6) is 2.76. The molecule has 0 spiro atoms. The maximum absolute atomic E-state index is 5.20. The Morgan fingerprint density at radius 1 is 1.10 bits per heavy atom. The number of benzene rings is 2. The van der Waals surface area contributed by atoms with E-state index in [2.05, 4.69) is 57.2 Å². The fourth-order valence-corrected chi connectivity index (χ4v) is 3.17. The van der Waals surface area contributed by atoms with Gasteiger partial charge in [0.2, 0.25) is 0 Å². The number of para-hydroxylation sites is 2. The lowest BCUT2D eigenvalue weighted by Crippen LogP contribution is -2.38. The van der Waals surface area contributed by atoms with Crippen molar-refractivity contribution in [1.29, 1.82) is 0 Å². The summed E-state index contributed by atoms with van der Waals surface area (Å²) in [4.78, 5) is 9.30. The molecule has 3 aromatic rings. The van der Waals surface area contributed by atoms with E-state index in [4.69, 9.17) is 4.74 Å². The van der Waals surface area contributed by atoms with Gasteiger partial charge >= 0.3 is 0 Å². The van der Waals surface area contributed by atoms with Crippen LogP contribution in [0, 0.1) is 6.92 Å². The van der Waals surface area contributed by atoms with Crippen LogP contribution < -0.4 is 15.4 Å². The smallest absolute Gasteiger partial charge is 0.191 e. The molecule has 3 rings (SSSR count). The molecule has 0 saturated heterocycles. The predicted octanol–water partition coefficient (Wildman–Crippen LogP) is 4.12. The van der Waals surface area contributed by atoms with Crippen LogP contribution in [0.4, 0.5) is 0 Å². The average molecular weight is 507 g/mol. The van der Waals surface area contributed by atoms with E-state index >= 15 is 0 Å². The Balaban J connectivity index is 0.00000300. The number of methoxy groups -OCH3 is 1. The highest BCUT2D eigenvalue weighted by Gasteiger charge is 2.06. The van der Waals surface area contributed by atoms with Crippen LogP contribution in [0.15, 0.2) is 53.5 Å². The lowest BCUT2D eigenvalue weighted by atomic mass is 10.2. The second-order valence-corrected chi connectivity index (χ2v) is 6.62. The van der Waals surface area contributed by atoms with Gasteiger partial charge in [-0.3, -0.25) is 0 Å². The lowest BCUT2D eigenvalue weighted by Gasteiger charge is -2.12.